The maximum Gasteiger partial charge on any atom is 0.325 e. The molecule has 156 valence electrons. The maximum absolute atomic E-state index is 14.2. The standard InChI is InChI=1S/C21H17ClFNO4S2/c1-12-19(13-5-3-2-4-6-13)21(12,20(25)26)24-30(27,28)18-10-9-17(29-18)15-8-7-14(22)11-16(15)23/h2-12,19,24H,1H3,(H,25,26)/t12?,19-,21-/m0/s1. The van der Waals surface area contributed by atoms with Gasteiger partial charge in [0.05, 0.1) is 0 Å². The van der Waals surface area contributed by atoms with Crippen LogP contribution in [0.25, 0.3) is 10.4 Å². The molecule has 2 N–H and O–H groups in total. The summed E-state index contributed by atoms with van der Waals surface area (Å²) in [6.45, 7) is 1.71. The van der Waals surface area contributed by atoms with Crippen molar-refractivity contribution in [3.05, 3.63) is 77.1 Å². The smallest absolute Gasteiger partial charge is 0.325 e. The van der Waals surface area contributed by atoms with Crippen LogP contribution in [0.1, 0.15) is 18.4 Å². The molecule has 1 heterocycles. The number of hydrogen-bond acceptors (Lipinski definition) is 4. The van der Waals surface area contributed by atoms with E-state index in [1.165, 1.54) is 24.3 Å². The Morgan fingerprint density at radius 3 is 2.50 bits per heavy atom. The highest BCUT2D eigenvalue weighted by Gasteiger charge is 2.70. The van der Waals surface area contributed by atoms with Crippen LogP contribution in [0.5, 0.6) is 0 Å². The fourth-order valence-electron chi connectivity index (χ4n) is 3.87. The first-order valence-electron chi connectivity index (χ1n) is 9.04. The van der Waals surface area contributed by atoms with Gasteiger partial charge in [-0.25, -0.2) is 12.8 Å². The Morgan fingerprint density at radius 2 is 1.87 bits per heavy atom. The number of rotatable bonds is 6. The van der Waals surface area contributed by atoms with Gasteiger partial charge in [0, 0.05) is 21.4 Å². The Balaban J connectivity index is 1.66. The van der Waals surface area contributed by atoms with E-state index in [1.807, 2.05) is 6.07 Å². The number of benzene rings is 2. The fraction of sp³-hybridized carbons (Fsp3) is 0.190. The third kappa shape index (κ3) is 3.43. The number of sulfonamides is 1. The van der Waals surface area contributed by atoms with E-state index >= 15 is 0 Å². The summed E-state index contributed by atoms with van der Waals surface area (Å²) in [6.07, 6.45) is 0. The van der Waals surface area contributed by atoms with Crippen LogP contribution in [0.3, 0.4) is 0 Å². The van der Waals surface area contributed by atoms with Crippen LogP contribution in [-0.4, -0.2) is 25.0 Å². The molecule has 0 aliphatic heterocycles. The summed E-state index contributed by atoms with van der Waals surface area (Å²) in [6, 6.07) is 15.9. The molecule has 4 rings (SSSR count). The minimum atomic E-state index is -4.14. The molecule has 0 bridgehead atoms. The highest BCUT2D eigenvalue weighted by molar-refractivity contribution is 7.91. The van der Waals surface area contributed by atoms with Crippen LogP contribution in [0, 0.1) is 11.7 Å². The number of carbonyl (C=O) groups is 1. The molecule has 1 aromatic heterocycles. The first kappa shape index (κ1) is 21.0. The molecule has 1 saturated carbocycles. The molecule has 0 spiro atoms. The van der Waals surface area contributed by atoms with E-state index in [9.17, 15) is 22.7 Å². The zero-order valence-corrected chi connectivity index (χ0v) is 18.1. The van der Waals surface area contributed by atoms with Gasteiger partial charge < -0.3 is 5.11 Å². The first-order valence-corrected chi connectivity index (χ1v) is 11.7. The van der Waals surface area contributed by atoms with E-state index in [-0.39, 0.29) is 14.8 Å². The average molecular weight is 466 g/mol. The van der Waals surface area contributed by atoms with Gasteiger partial charge in [-0.15, -0.1) is 11.3 Å². The van der Waals surface area contributed by atoms with Gasteiger partial charge in [-0.1, -0.05) is 48.9 Å². The van der Waals surface area contributed by atoms with Crippen molar-refractivity contribution < 1.29 is 22.7 Å². The molecule has 3 atom stereocenters. The average Bonchev–Trinajstić information content (AvgIpc) is 3.04. The number of aliphatic carboxylic acids is 1. The fourth-order valence-corrected chi connectivity index (χ4v) is 6.82. The van der Waals surface area contributed by atoms with E-state index in [1.54, 1.807) is 31.2 Å². The second-order valence-electron chi connectivity index (χ2n) is 7.20. The second-order valence-corrected chi connectivity index (χ2v) is 10.6. The van der Waals surface area contributed by atoms with Gasteiger partial charge >= 0.3 is 5.97 Å². The molecular weight excluding hydrogens is 449 g/mol. The van der Waals surface area contributed by atoms with Gasteiger partial charge in [0.1, 0.15) is 15.6 Å². The first-order chi connectivity index (χ1) is 14.2. The van der Waals surface area contributed by atoms with Crippen molar-refractivity contribution in [1.29, 1.82) is 0 Å². The normalized spacial score (nSPS) is 23.3. The van der Waals surface area contributed by atoms with E-state index in [0.29, 0.717) is 4.88 Å². The summed E-state index contributed by atoms with van der Waals surface area (Å²) in [5.74, 6) is -2.71. The van der Waals surface area contributed by atoms with E-state index < -0.39 is 39.2 Å². The lowest BCUT2D eigenvalue weighted by molar-refractivity contribution is -0.140. The third-order valence-electron chi connectivity index (χ3n) is 5.46. The van der Waals surface area contributed by atoms with Crippen LogP contribution in [0.4, 0.5) is 4.39 Å². The zero-order valence-electron chi connectivity index (χ0n) is 15.7. The molecule has 3 aromatic rings. The molecule has 0 amide bonds. The van der Waals surface area contributed by atoms with Gasteiger partial charge in [-0.05, 0) is 41.8 Å². The van der Waals surface area contributed by atoms with E-state index in [0.717, 1.165) is 23.0 Å². The molecule has 2 aromatic carbocycles. The van der Waals surface area contributed by atoms with Crippen LogP contribution in [0.2, 0.25) is 5.02 Å². The van der Waals surface area contributed by atoms with Crippen LogP contribution >= 0.6 is 22.9 Å². The van der Waals surface area contributed by atoms with Gasteiger partial charge in [0.15, 0.2) is 0 Å². The minimum Gasteiger partial charge on any atom is -0.480 e. The van der Waals surface area contributed by atoms with Crippen molar-refractivity contribution in [3.63, 3.8) is 0 Å². The Hall–Kier alpha value is -2.26. The molecular formula is C21H17ClFNO4S2. The van der Waals surface area contributed by atoms with Gasteiger partial charge in [-0.3, -0.25) is 4.79 Å². The number of thiophene rings is 1. The van der Waals surface area contributed by atoms with Crippen LogP contribution in [-0.2, 0) is 14.8 Å². The molecule has 5 nitrogen and oxygen atoms in total. The van der Waals surface area contributed by atoms with Crippen molar-refractivity contribution in [3.8, 4) is 10.4 Å². The van der Waals surface area contributed by atoms with Crippen LogP contribution < -0.4 is 4.72 Å². The SMILES string of the molecule is CC1[C@@H](c2ccccc2)[C@]1(NS(=O)(=O)c1ccc(-c2ccc(Cl)cc2F)s1)C(=O)O. The summed E-state index contributed by atoms with van der Waals surface area (Å²) in [5.41, 5.74) is -0.651. The van der Waals surface area contributed by atoms with Crippen LogP contribution in [0.15, 0.2) is 64.9 Å². The highest BCUT2D eigenvalue weighted by atomic mass is 35.5. The van der Waals surface area contributed by atoms with Crippen molar-refractivity contribution >= 4 is 38.9 Å². The maximum atomic E-state index is 14.2. The van der Waals surface area contributed by atoms with Gasteiger partial charge in [0.25, 0.3) is 10.0 Å². The lowest BCUT2D eigenvalue weighted by atomic mass is 10.1. The van der Waals surface area contributed by atoms with E-state index in [4.69, 9.17) is 11.6 Å². The molecule has 1 fully saturated rings. The van der Waals surface area contributed by atoms with Gasteiger partial charge in [0.2, 0.25) is 0 Å². The predicted octanol–water partition coefficient (Wildman–Crippen LogP) is 4.74. The molecule has 1 unspecified atom stereocenters. The van der Waals surface area contributed by atoms with E-state index in [2.05, 4.69) is 4.72 Å². The molecule has 0 radical (unpaired) electrons. The lowest BCUT2D eigenvalue weighted by Gasteiger charge is -2.15. The summed E-state index contributed by atoms with van der Waals surface area (Å²) >= 11 is 6.64. The number of carboxylic acid groups (broad SMARTS) is 1. The summed E-state index contributed by atoms with van der Waals surface area (Å²) in [5, 5.41) is 10.1. The monoisotopic (exact) mass is 465 g/mol. The molecule has 1 aliphatic carbocycles. The van der Waals surface area contributed by atoms with Crippen molar-refractivity contribution in [1.82, 2.24) is 4.72 Å². The number of carboxylic acids is 1. The quantitative estimate of drug-likeness (QED) is 0.550. The molecule has 1 aliphatic rings. The Morgan fingerprint density at radius 1 is 1.17 bits per heavy atom. The molecule has 0 saturated heterocycles. The largest absolute Gasteiger partial charge is 0.480 e. The van der Waals surface area contributed by atoms with Crippen molar-refractivity contribution in [2.24, 2.45) is 5.92 Å². The number of nitrogens with one attached hydrogen (secondary N) is 1. The zero-order chi connectivity index (χ0) is 21.7. The minimum absolute atomic E-state index is 0.0848. The topological polar surface area (TPSA) is 83.5 Å². The highest BCUT2D eigenvalue weighted by Crippen LogP contribution is 2.58. The number of halogens is 2. The molecule has 9 heteroatoms. The Kier molecular flexibility index (Phi) is 5.22. The Labute approximate surface area is 182 Å². The molecule has 30 heavy (non-hydrogen) atoms. The second kappa shape index (κ2) is 7.46. The van der Waals surface area contributed by atoms with Gasteiger partial charge in [-0.2, -0.15) is 4.72 Å². The Bertz CT molecular complexity index is 1230. The predicted molar refractivity (Wildman–Crippen MR) is 114 cm³/mol. The van der Waals surface area contributed by atoms with Crippen molar-refractivity contribution in [2.75, 3.05) is 0 Å². The van der Waals surface area contributed by atoms with Crippen molar-refractivity contribution in [2.45, 2.75) is 22.6 Å². The summed E-state index contributed by atoms with van der Waals surface area (Å²) < 4.78 is 42.6. The summed E-state index contributed by atoms with van der Waals surface area (Å²) in [7, 11) is -4.14. The number of hydrogen-bond donors (Lipinski definition) is 2. The third-order valence-corrected chi connectivity index (χ3v) is 8.79. The summed E-state index contributed by atoms with van der Waals surface area (Å²) in [4.78, 5) is 12.5. The lowest BCUT2D eigenvalue weighted by Crippen LogP contribution is -2.45.